The van der Waals surface area contributed by atoms with E-state index in [1.54, 1.807) is 0 Å². The van der Waals surface area contributed by atoms with E-state index < -0.39 is 35.7 Å². The number of nitrogens with one attached hydrogen (secondary N) is 2. The number of rotatable bonds is 6. The number of urea groups is 1. The van der Waals surface area contributed by atoms with E-state index in [4.69, 9.17) is 14.2 Å². The van der Waals surface area contributed by atoms with Gasteiger partial charge in [0.25, 0.3) is 0 Å². The molecule has 3 atom stereocenters. The van der Waals surface area contributed by atoms with Crippen LogP contribution in [0.15, 0.2) is 42.5 Å². The highest BCUT2D eigenvalue weighted by Crippen LogP contribution is 2.45. The SMILES string of the molecule is COc1ccc(C(=O)C2C(c3ccc(OC)c(OC)c3)NC(=O)NC2(O)C(F)(F)F)cc1. The van der Waals surface area contributed by atoms with Crippen LogP contribution in [0.4, 0.5) is 18.0 Å². The van der Waals surface area contributed by atoms with Crippen molar-refractivity contribution >= 4 is 11.8 Å². The number of hydrogen-bond donors (Lipinski definition) is 3. The highest BCUT2D eigenvalue weighted by Gasteiger charge is 2.66. The third-order valence-corrected chi connectivity index (χ3v) is 5.23. The van der Waals surface area contributed by atoms with Crippen LogP contribution in [0.3, 0.4) is 0 Å². The maximum absolute atomic E-state index is 14.0. The summed E-state index contributed by atoms with van der Waals surface area (Å²) in [6, 6.07) is 6.67. The van der Waals surface area contributed by atoms with Gasteiger partial charge >= 0.3 is 12.2 Å². The van der Waals surface area contributed by atoms with Gasteiger partial charge in [-0.05, 0) is 42.0 Å². The van der Waals surface area contributed by atoms with Gasteiger partial charge in [0.15, 0.2) is 17.3 Å². The average molecular weight is 454 g/mol. The molecule has 1 heterocycles. The lowest BCUT2D eigenvalue weighted by Gasteiger charge is -2.45. The van der Waals surface area contributed by atoms with E-state index in [-0.39, 0.29) is 16.9 Å². The number of amides is 2. The van der Waals surface area contributed by atoms with E-state index in [1.807, 2.05) is 0 Å². The van der Waals surface area contributed by atoms with Crippen LogP contribution in [0.2, 0.25) is 0 Å². The number of aliphatic hydroxyl groups is 1. The molecule has 2 aromatic carbocycles. The minimum absolute atomic E-state index is 0.104. The summed E-state index contributed by atoms with van der Waals surface area (Å²) in [7, 11) is 4.10. The Morgan fingerprint density at radius 3 is 2.16 bits per heavy atom. The first-order chi connectivity index (χ1) is 15.1. The second-order valence-corrected chi connectivity index (χ2v) is 7.03. The first-order valence-corrected chi connectivity index (χ1v) is 9.33. The molecule has 3 N–H and O–H groups in total. The number of ether oxygens (including phenoxy) is 3. The van der Waals surface area contributed by atoms with Gasteiger partial charge in [0.05, 0.1) is 27.4 Å². The van der Waals surface area contributed by atoms with Crippen LogP contribution in [0.25, 0.3) is 0 Å². The van der Waals surface area contributed by atoms with Crippen LogP contribution in [-0.2, 0) is 0 Å². The summed E-state index contributed by atoms with van der Waals surface area (Å²) < 4.78 is 57.3. The van der Waals surface area contributed by atoms with Gasteiger partial charge < -0.3 is 30.0 Å². The Labute approximate surface area is 181 Å². The predicted molar refractivity (Wildman–Crippen MR) is 106 cm³/mol. The fourth-order valence-corrected chi connectivity index (χ4v) is 3.60. The molecule has 1 aliphatic heterocycles. The van der Waals surface area contributed by atoms with E-state index in [1.165, 1.54) is 69.1 Å². The molecule has 2 amide bonds. The van der Waals surface area contributed by atoms with E-state index in [2.05, 4.69) is 5.32 Å². The Hall–Kier alpha value is -3.47. The second-order valence-electron chi connectivity index (χ2n) is 7.03. The summed E-state index contributed by atoms with van der Waals surface area (Å²) in [5.74, 6) is -2.35. The molecule has 0 aromatic heterocycles. The number of benzene rings is 2. The molecule has 0 aliphatic carbocycles. The second kappa shape index (κ2) is 8.58. The fourth-order valence-electron chi connectivity index (χ4n) is 3.60. The number of alkyl halides is 3. The van der Waals surface area contributed by atoms with Crippen molar-refractivity contribution in [2.24, 2.45) is 5.92 Å². The quantitative estimate of drug-likeness (QED) is 0.580. The zero-order valence-corrected chi connectivity index (χ0v) is 17.3. The zero-order chi connectivity index (χ0) is 23.7. The van der Waals surface area contributed by atoms with Crippen molar-refractivity contribution in [3.8, 4) is 17.2 Å². The number of hydrogen-bond acceptors (Lipinski definition) is 6. The normalized spacial score (nSPS) is 23.0. The molecule has 0 spiro atoms. The van der Waals surface area contributed by atoms with E-state index >= 15 is 0 Å². The van der Waals surface area contributed by atoms with Crippen LogP contribution >= 0.6 is 0 Å². The largest absolute Gasteiger partial charge is 0.497 e. The molecule has 0 bridgehead atoms. The van der Waals surface area contributed by atoms with Crippen molar-refractivity contribution in [2.45, 2.75) is 17.9 Å². The van der Waals surface area contributed by atoms with Crippen molar-refractivity contribution < 1.29 is 42.1 Å². The monoisotopic (exact) mass is 454 g/mol. The number of Topliss-reactive ketones (excluding diaryl/α,β-unsaturated/α-hetero) is 1. The van der Waals surface area contributed by atoms with Gasteiger partial charge in [-0.3, -0.25) is 4.79 Å². The number of carbonyl (C=O) groups excluding carboxylic acids is 2. The summed E-state index contributed by atoms with van der Waals surface area (Å²) in [5, 5.41) is 14.4. The molecule has 2 aromatic rings. The van der Waals surface area contributed by atoms with E-state index in [0.717, 1.165) is 0 Å². The lowest BCUT2D eigenvalue weighted by molar-refractivity contribution is -0.287. The van der Waals surface area contributed by atoms with Crippen LogP contribution in [0, 0.1) is 5.92 Å². The van der Waals surface area contributed by atoms with Crippen molar-refractivity contribution in [1.29, 1.82) is 0 Å². The van der Waals surface area contributed by atoms with Crippen molar-refractivity contribution in [3.63, 3.8) is 0 Å². The van der Waals surface area contributed by atoms with Gasteiger partial charge in [-0.15, -0.1) is 0 Å². The summed E-state index contributed by atoms with van der Waals surface area (Å²) in [4.78, 5) is 25.4. The van der Waals surface area contributed by atoms with Crippen LogP contribution in [-0.4, -0.2) is 50.2 Å². The number of carbonyl (C=O) groups is 2. The highest BCUT2D eigenvalue weighted by molar-refractivity contribution is 6.00. The van der Waals surface area contributed by atoms with E-state index in [9.17, 15) is 27.9 Å². The van der Waals surface area contributed by atoms with Crippen LogP contribution < -0.4 is 24.8 Å². The zero-order valence-electron chi connectivity index (χ0n) is 17.3. The van der Waals surface area contributed by atoms with Crippen molar-refractivity contribution in [3.05, 3.63) is 53.6 Å². The fraction of sp³-hybridized carbons (Fsp3) is 0.333. The molecule has 11 heteroatoms. The summed E-state index contributed by atoms with van der Waals surface area (Å²) in [5.41, 5.74) is -3.83. The molecule has 1 aliphatic rings. The Kier molecular flexibility index (Phi) is 6.22. The molecule has 0 radical (unpaired) electrons. The van der Waals surface area contributed by atoms with Gasteiger partial charge in [0.2, 0.25) is 5.72 Å². The molecule has 32 heavy (non-hydrogen) atoms. The van der Waals surface area contributed by atoms with Gasteiger partial charge in [-0.2, -0.15) is 13.2 Å². The Bertz CT molecular complexity index is 1010. The molecule has 172 valence electrons. The molecule has 1 saturated heterocycles. The molecule has 8 nitrogen and oxygen atoms in total. The number of methoxy groups -OCH3 is 3. The standard InChI is InChI=1S/C21H21F3N2O6/c1-30-13-7-4-11(5-8-13)18(27)16-17(12-6-9-14(31-2)15(10-12)32-3)25-19(28)26-20(16,29)21(22,23)24/h4-10,16-17,29H,1-3H3,(H2,25,26,28). The minimum Gasteiger partial charge on any atom is -0.497 e. The third-order valence-electron chi connectivity index (χ3n) is 5.23. The highest BCUT2D eigenvalue weighted by atomic mass is 19.4. The topological polar surface area (TPSA) is 106 Å². The van der Waals surface area contributed by atoms with Crippen molar-refractivity contribution in [2.75, 3.05) is 21.3 Å². The smallest absolute Gasteiger partial charge is 0.437 e. The first kappa shape index (κ1) is 23.2. The molecular formula is C21H21F3N2O6. The predicted octanol–water partition coefficient (Wildman–Crippen LogP) is 2.82. The number of halogens is 3. The Morgan fingerprint density at radius 1 is 1.00 bits per heavy atom. The summed E-state index contributed by atoms with van der Waals surface area (Å²) >= 11 is 0. The molecule has 1 fully saturated rings. The molecule has 3 unspecified atom stereocenters. The molecule has 3 rings (SSSR count). The van der Waals surface area contributed by atoms with Gasteiger partial charge in [0.1, 0.15) is 11.7 Å². The van der Waals surface area contributed by atoms with Crippen LogP contribution in [0.1, 0.15) is 22.0 Å². The van der Waals surface area contributed by atoms with Gasteiger partial charge in [-0.1, -0.05) is 6.07 Å². The lowest BCUT2D eigenvalue weighted by atomic mass is 9.77. The minimum atomic E-state index is -5.35. The molecular weight excluding hydrogens is 433 g/mol. The van der Waals surface area contributed by atoms with Gasteiger partial charge in [0, 0.05) is 5.56 Å². The maximum atomic E-state index is 14.0. The first-order valence-electron chi connectivity index (χ1n) is 9.33. The van der Waals surface area contributed by atoms with Crippen LogP contribution in [0.5, 0.6) is 17.2 Å². The lowest BCUT2D eigenvalue weighted by Crippen LogP contribution is -2.72. The summed E-state index contributed by atoms with van der Waals surface area (Å²) in [6.45, 7) is 0. The Balaban J connectivity index is 2.16. The summed E-state index contributed by atoms with van der Waals surface area (Å²) in [6.07, 6.45) is -5.35. The third kappa shape index (κ3) is 4.03. The average Bonchev–Trinajstić information content (AvgIpc) is 2.77. The van der Waals surface area contributed by atoms with Crippen molar-refractivity contribution in [1.82, 2.24) is 10.6 Å². The van der Waals surface area contributed by atoms with E-state index in [0.29, 0.717) is 11.5 Å². The Morgan fingerprint density at radius 2 is 1.62 bits per heavy atom. The maximum Gasteiger partial charge on any atom is 0.437 e. The number of ketones is 1. The molecule has 0 saturated carbocycles. The van der Waals surface area contributed by atoms with Gasteiger partial charge in [-0.25, -0.2) is 4.79 Å².